The highest BCUT2D eigenvalue weighted by molar-refractivity contribution is 5.95. The Bertz CT molecular complexity index is 907. The zero-order chi connectivity index (χ0) is 19.1. The standard InChI is InChI=1S/C23H23NO3/c1-26-21-12-11-19(16-22(21)27-2)18-9-6-10-20(15-18)23(25)24-14-13-17-7-4-3-5-8-17/h3-12,15-16H,13-14H2,1-2H3,(H,24,25). The maximum Gasteiger partial charge on any atom is 0.251 e. The van der Waals surface area contributed by atoms with Crippen LogP contribution in [0.1, 0.15) is 15.9 Å². The largest absolute Gasteiger partial charge is 0.493 e. The Morgan fingerprint density at radius 3 is 2.30 bits per heavy atom. The molecule has 0 bridgehead atoms. The second-order valence-electron chi connectivity index (χ2n) is 6.14. The van der Waals surface area contributed by atoms with E-state index in [-0.39, 0.29) is 5.91 Å². The van der Waals surface area contributed by atoms with Crippen molar-refractivity contribution in [3.63, 3.8) is 0 Å². The first-order valence-electron chi connectivity index (χ1n) is 8.86. The van der Waals surface area contributed by atoms with Crippen molar-refractivity contribution < 1.29 is 14.3 Å². The van der Waals surface area contributed by atoms with Gasteiger partial charge in [-0.05, 0) is 47.4 Å². The molecule has 3 aromatic rings. The summed E-state index contributed by atoms with van der Waals surface area (Å²) in [5.74, 6) is 1.26. The van der Waals surface area contributed by atoms with Crippen LogP contribution in [0.4, 0.5) is 0 Å². The molecule has 0 aromatic heterocycles. The van der Waals surface area contributed by atoms with Crippen LogP contribution in [0.3, 0.4) is 0 Å². The third-order valence-electron chi connectivity index (χ3n) is 4.38. The summed E-state index contributed by atoms with van der Waals surface area (Å²) in [7, 11) is 3.22. The molecule has 0 radical (unpaired) electrons. The Labute approximate surface area is 159 Å². The predicted molar refractivity (Wildman–Crippen MR) is 107 cm³/mol. The highest BCUT2D eigenvalue weighted by atomic mass is 16.5. The second kappa shape index (κ2) is 8.90. The third kappa shape index (κ3) is 4.67. The lowest BCUT2D eigenvalue weighted by Crippen LogP contribution is -2.25. The number of hydrogen-bond donors (Lipinski definition) is 1. The summed E-state index contributed by atoms with van der Waals surface area (Å²) in [6.45, 7) is 0.601. The van der Waals surface area contributed by atoms with Crippen molar-refractivity contribution in [1.82, 2.24) is 5.32 Å². The molecule has 4 heteroatoms. The molecule has 27 heavy (non-hydrogen) atoms. The van der Waals surface area contributed by atoms with E-state index in [4.69, 9.17) is 9.47 Å². The molecular formula is C23H23NO3. The van der Waals surface area contributed by atoms with Crippen molar-refractivity contribution in [3.05, 3.63) is 83.9 Å². The molecule has 0 heterocycles. The van der Waals surface area contributed by atoms with Crippen molar-refractivity contribution in [1.29, 1.82) is 0 Å². The highest BCUT2D eigenvalue weighted by Crippen LogP contribution is 2.32. The Morgan fingerprint density at radius 1 is 0.815 bits per heavy atom. The van der Waals surface area contributed by atoms with Crippen molar-refractivity contribution in [2.24, 2.45) is 0 Å². The van der Waals surface area contributed by atoms with Crippen LogP contribution in [0.25, 0.3) is 11.1 Å². The number of rotatable bonds is 7. The Balaban J connectivity index is 1.70. The molecule has 4 nitrogen and oxygen atoms in total. The number of methoxy groups -OCH3 is 2. The van der Waals surface area contributed by atoms with Crippen molar-refractivity contribution in [2.75, 3.05) is 20.8 Å². The van der Waals surface area contributed by atoms with E-state index in [1.165, 1.54) is 5.56 Å². The van der Waals surface area contributed by atoms with Crippen molar-refractivity contribution in [3.8, 4) is 22.6 Å². The molecular weight excluding hydrogens is 338 g/mol. The monoisotopic (exact) mass is 361 g/mol. The minimum Gasteiger partial charge on any atom is -0.493 e. The van der Waals surface area contributed by atoms with Gasteiger partial charge in [-0.1, -0.05) is 48.5 Å². The summed E-state index contributed by atoms with van der Waals surface area (Å²) in [6, 6.07) is 23.4. The molecule has 0 fully saturated rings. The second-order valence-corrected chi connectivity index (χ2v) is 6.14. The van der Waals surface area contributed by atoms with E-state index in [9.17, 15) is 4.79 Å². The van der Waals surface area contributed by atoms with Crippen LogP contribution in [-0.4, -0.2) is 26.7 Å². The predicted octanol–water partition coefficient (Wildman–Crippen LogP) is 4.34. The zero-order valence-electron chi connectivity index (χ0n) is 15.6. The maximum absolute atomic E-state index is 12.5. The van der Waals surface area contributed by atoms with Crippen molar-refractivity contribution in [2.45, 2.75) is 6.42 Å². The Morgan fingerprint density at radius 2 is 1.56 bits per heavy atom. The average Bonchev–Trinajstić information content (AvgIpc) is 2.74. The van der Waals surface area contributed by atoms with E-state index in [1.54, 1.807) is 14.2 Å². The summed E-state index contributed by atoms with van der Waals surface area (Å²) >= 11 is 0. The number of carbonyl (C=O) groups excluding carboxylic acids is 1. The summed E-state index contributed by atoms with van der Waals surface area (Å²) in [5.41, 5.74) is 3.76. The Hall–Kier alpha value is -3.27. The minimum atomic E-state index is -0.0757. The first-order valence-corrected chi connectivity index (χ1v) is 8.86. The van der Waals surface area contributed by atoms with Gasteiger partial charge in [-0.2, -0.15) is 0 Å². The van der Waals surface area contributed by atoms with Crippen LogP contribution in [0, 0.1) is 0 Å². The average molecular weight is 361 g/mol. The molecule has 0 spiro atoms. The lowest BCUT2D eigenvalue weighted by Gasteiger charge is -2.11. The van der Waals surface area contributed by atoms with Gasteiger partial charge in [0.2, 0.25) is 0 Å². The van der Waals surface area contributed by atoms with Gasteiger partial charge < -0.3 is 14.8 Å². The smallest absolute Gasteiger partial charge is 0.251 e. The fraction of sp³-hybridized carbons (Fsp3) is 0.174. The van der Waals surface area contributed by atoms with Crippen LogP contribution in [0.2, 0.25) is 0 Å². The van der Waals surface area contributed by atoms with Gasteiger partial charge in [0.15, 0.2) is 11.5 Å². The summed E-state index contributed by atoms with van der Waals surface area (Å²) in [6.07, 6.45) is 0.807. The summed E-state index contributed by atoms with van der Waals surface area (Å²) < 4.78 is 10.6. The number of ether oxygens (including phenoxy) is 2. The molecule has 0 aliphatic rings. The van der Waals surface area contributed by atoms with Gasteiger partial charge in [-0.25, -0.2) is 0 Å². The fourth-order valence-corrected chi connectivity index (χ4v) is 2.92. The lowest BCUT2D eigenvalue weighted by atomic mass is 10.0. The van der Waals surface area contributed by atoms with Gasteiger partial charge in [0.1, 0.15) is 0 Å². The van der Waals surface area contributed by atoms with Gasteiger partial charge in [0.25, 0.3) is 5.91 Å². The van der Waals surface area contributed by atoms with E-state index in [0.717, 1.165) is 17.5 Å². The number of carbonyl (C=O) groups is 1. The number of hydrogen-bond acceptors (Lipinski definition) is 3. The quantitative estimate of drug-likeness (QED) is 0.681. The number of benzene rings is 3. The highest BCUT2D eigenvalue weighted by Gasteiger charge is 2.09. The van der Waals surface area contributed by atoms with E-state index >= 15 is 0 Å². The van der Waals surface area contributed by atoms with Crippen LogP contribution in [-0.2, 0) is 6.42 Å². The summed E-state index contributed by atoms with van der Waals surface area (Å²) in [5, 5.41) is 2.98. The van der Waals surface area contributed by atoms with Gasteiger partial charge in [-0.3, -0.25) is 4.79 Å². The fourth-order valence-electron chi connectivity index (χ4n) is 2.92. The molecule has 0 saturated carbocycles. The minimum absolute atomic E-state index is 0.0757. The molecule has 0 aliphatic carbocycles. The van der Waals surface area contributed by atoms with Gasteiger partial charge in [0.05, 0.1) is 14.2 Å². The SMILES string of the molecule is COc1ccc(-c2cccc(C(=O)NCCc3ccccc3)c2)cc1OC. The van der Waals surface area contributed by atoms with E-state index < -0.39 is 0 Å². The van der Waals surface area contributed by atoms with Crippen molar-refractivity contribution >= 4 is 5.91 Å². The first kappa shape index (κ1) is 18.5. The van der Waals surface area contributed by atoms with E-state index in [0.29, 0.717) is 23.6 Å². The number of nitrogens with one attached hydrogen (secondary N) is 1. The van der Waals surface area contributed by atoms with Gasteiger partial charge >= 0.3 is 0 Å². The topological polar surface area (TPSA) is 47.6 Å². The maximum atomic E-state index is 12.5. The number of amides is 1. The molecule has 3 aromatic carbocycles. The van der Waals surface area contributed by atoms with E-state index in [1.807, 2.05) is 60.7 Å². The molecule has 0 unspecified atom stereocenters. The molecule has 0 aliphatic heterocycles. The van der Waals surface area contributed by atoms with Gasteiger partial charge in [-0.15, -0.1) is 0 Å². The molecule has 0 saturated heterocycles. The van der Waals surface area contributed by atoms with Crippen LogP contribution in [0.5, 0.6) is 11.5 Å². The van der Waals surface area contributed by atoms with Gasteiger partial charge in [0, 0.05) is 12.1 Å². The molecule has 0 atom stereocenters. The first-order chi connectivity index (χ1) is 13.2. The molecule has 138 valence electrons. The van der Waals surface area contributed by atoms with Crippen LogP contribution >= 0.6 is 0 Å². The molecule has 3 rings (SSSR count). The Kier molecular flexibility index (Phi) is 6.10. The zero-order valence-corrected chi connectivity index (χ0v) is 15.6. The van der Waals surface area contributed by atoms with Crippen LogP contribution < -0.4 is 14.8 Å². The normalized spacial score (nSPS) is 10.3. The van der Waals surface area contributed by atoms with Crippen LogP contribution in [0.15, 0.2) is 72.8 Å². The summed E-state index contributed by atoms with van der Waals surface area (Å²) in [4.78, 5) is 12.5. The lowest BCUT2D eigenvalue weighted by molar-refractivity contribution is 0.0954. The molecule has 1 N–H and O–H groups in total. The molecule has 1 amide bonds. The third-order valence-corrected chi connectivity index (χ3v) is 4.38. The van der Waals surface area contributed by atoms with E-state index in [2.05, 4.69) is 17.4 Å².